The molecule has 1 aliphatic heterocycles. The molecule has 100 valence electrons. The van der Waals surface area contributed by atoms with Crippen molar-refractivity contribution in [3.8, 4) is 17.2 Å². The quantitative estimate of drug-likeness (QED) is 0.869. The van der Waals surface area contributed by atoms with Crippen molar-refractivity contribution in [2.75, 3.05) is 18.6 Å². The van der Waals surface area contributed by atoms with E-state index < -0.39 is 0 Å². The molecule has 5 nitrogen and oxygen atoms in total. The van der Waals surface area contributed by atoms with Gasteiger partial charge in [-0.3, -0.25) is 0 Å². The van der Waals surface area contributed by atoms with Crippen molar-refractivity contribution in [3.63, 3.8) is 0 Å². The minimum absolute atomic E-state index is 0.351. The minimum atomic E-state index is 0.351. The van der Waals surface area contributed by atoms with Gasteiger partial charge in [-0.2, -0.15) is 16.7 Å². The second-order valence-corrected chi connectivity index (χ2v) is 5.72. The van der Waals surface area contributed by atoms with Gasteiger partial charge in [-0.25, -0.2) is 0 Å². The molecule has 2 heterocycles. The number of hydrogen-bond acceptors (Lipinski definition) is 6. The van der Waals surface area contributed by atoms with Crippen LogP contribution in [0.15, 0.2) is 22.7 Å². The van der Waals surface area contributed by atoms with Crippen LogP contribution in [0.5, 0.6) is 5.75 Å². The van der Waals surface area contributed by atoms with Crippen molar-refractivity contribution in [1.82, 2.24) is 10.1 Å². The van der Waals surface area contributed by atoms with Gasteiger partial charge in [0.05, 0.1) is 17.9 Å². The van der Waals surface area contributed by atoms with Crippen LogP contribution in [0.3, 0.4) is 0 Å². The van der Waals surface area contributed by atoms with Gasteiger partial charge in [0.15, 0.2) is 5.82 Å². The third kappa shape index (κ3) is 2.40. The zero-order valence-corrected chi connectivity index (χ0v) is 11.4. The Kier molecular flexibility index (Phi) is 3.33. The molecule has 1 atom stereocenters. The van der Waals surface area contributed by atoms with Gasteiger partial charge >= 0.3 is 0 Å². The Morgan fingerprint density at radius 2 is 2.37 bits per heavy atom. The molecule has 0 radical (unpaired) electrons. The van der Waals surface area contributed by atoms with E-state index in [0.29, 0.717) is 16.8 Å². The molecular formula is C13H15N3O2S. The third-order valence-electron chi connectivity index (χ3n) is 3.15. The molecule has 0 spiro atoms. The van der Waals surface area contributed by atoms with Crippen molar-refractivity contribution in [1.29, 1.82) is 0 Å². The lowest BCUT2D eigenvalue weighted by molar-refractivity contribution is 0.412. The van der Waals surface area contributed by atoms with Crippen molar-refractivity contribution in [3.05, 3.63) is 24.0 Å². The van der Waals surface area contributed by atoms with Crippen LogP contribution in [-0.2, 0) is 0 Å². The molecule has 3 rings (SSSR count). The lowest BCUT2D eigenvalue weighted by atomic mass is 10.1. The van der Waals surface area contributed by atoms with E-state index in [1.165, 1.54) is 6.42 Å². The molecule has 1 fully saturated rings. The van der Waals surface area contributed by atoms with Crippen LogP contribution < -0.4 is 10.5 Å². The van der Waals surface area contributed by atoms with Crippen molar-refractivity contribution < 1.29 is 9.26 Å². The van der Waals surface area contributed by atoms with E-state index in [0.717, 1.165) is 29.3 Å². The van der Waals surface area contributed by atoms with Crippen molar-refractivity contribution >= 4 is 17.4 Å². The van der Waals surface area contributed by atoms with Crippen molar-refractivity contribution in [2.45, 2.75) is 18.1 Å². The number of nitrogen functional groups attached to an aromatic ring is 1. The third-order valence-corrected chi connectivity index (χ3v) is 4.52. The number of nitrogens with zero attached hydrogens (tertiary/aromatic N) is 2. The molecule has 0 amide bonds. The Morgan fingerprint density at radius 3 is 3.11 bits per heavy atom. The summed E-state index contributed by atoms with van der Waals surface area (Å²) in [7, 11) is 1.61. The summed E-state index contributed by atoms with van der Waals surface area (Å²) in [6.07, 6.45) is 2.32. The Bertz CT molecular complexity index is 579. The maximum Gasteiger partial charge on any atom is 0.260 e. The van der Waals surface area contributed by atoms with E-state index in [2.05, 4.69) is 10.1 Å². The van der Waals surface area contributed by atoms with Gasteiger partial charge in [0.25, 0.3) is 5.89 Å². The number of anilines is 1. The minimum Gasteiger partial charge on any atom is -0.497 e. The Balaban J connectivity index is 1.93. The average molecular weight is 277 g/mol. The predicted octanol–water partition coefficient (Wildman–Crippen LogP) is 2.90. The zero-order chi connectivity index (χ0) is 13.2. The van der Waals surface area contributed by atoms with Gasteiger partial charge in [0.2, 0.25) is 0 Å². The number of hydrogen-bond donors (Lipinski definition) is 1. The Morgan fingerprint density at radius 1 is 1.47 bits per heavy atom. The summed E-state index contributed by atoms with van der Waals surface area (Å²) in [5.74, 6) is 3.10. The normalized spacial score (nSPS) is 18.7. The van der Waals surface area contributed by atoms with Crippen LogP contribution in [-0.4, -0.2) is 23.0 Å². The van der Waals surface area contributed by atoms with E-state index in [1.54, 1.807) is 13.2 Å². The predicted molar refractivity (Wildman–Crippen MR) is 75.1 cm³/mol. The summed E-state index contributed by atoms with van der Waals surface area (Å²) in [5.41, 5.74) is 7.28. The van der Waals surface area contributed by atoms with E-state index in [9.17, 15) is 0 Å². The highest BCUT2D eigenvalue weighted by atomic mass is 32.2. The highest BCUT2D eigenvalue weighted by molar-refractivity contribution is 7.99. The first-order valence-corrected chi connectivity index (χ1v) is 7.22. The van der Waals surface area contributed by atoms with Gasteiger partial charge in [-0.15, -0.1) is 0 Å². The fourth-order valence-electron chi connectivity index (χ4n) is 2.10. The largest absolute Gasteiger partial charge is 0.497 e. The lowest BCUT2D eigenvalue weighted by Crippen LogP contribution is -1.93. The first kappa shape index (κ1) is 12.3. The number of aromatic nitrogens is 2. The highest BCUT2D eigenvalue weighted by Gasteiger charge is 2.23. The molecule has 2 N–H and O–H groups in total. The van der Waals surface area contributed by atoms with Gasteiger partial charge in [-0.1, -0.05) is 5.16 Å². The standard InChI is InChI=1S/C13H15N3O2S/c1-17-8-4-5-10(14)9(7-8)13-15-12(16-18-13)11-3-2-6-19-11/h4-5,7,11H,2-3,6,14H2,1H3. The van der Waals surface area contributed by atoms with E-state index >= 15 is 0 Å². The summed E-state index contributed by atoms with van der Waals surface area (Å²) >= 11 is 1.87. The molecule has 2 aromatic rings. The molecule has 1 aromatic heterocycles. The zero-order valence-electron chi connectivity index (χ0n) is 10.6. The molecular weight excluding hydrogens is 262 g/mol. The number of rotatable bonds is 3. The van der Waals surface area contributed by atoms with Crippen LogP contribution in [0.25, 0.3) is 11.5 Å². The topological polar surface area (TPSA) is 74.2 Å². The fraction of sp³-hybridized carbons (Fsp3) is 0.385. The van der Waals surface area contributed by atoms with Crippen LogP contribution in [0.2, 0.25) is 0 Å². The number of benzene rings is 1. The molecule has 0 saturated carbocycles. The Labute approximate surface area is 115 Å². The maximum absolute atomic E-state index is 5.95. The summed E-state index contributed by atoms with van der Waals surface area (Å²) in [4.78, 5) is 4.46. The van der Waals surface area contributed by atoms with E-state index in [4.69, 9.17) is 15.0 Å². The number of thioether (sulfide) groups is 1. The molecule has 1 aromatic carbocycles. The second-order valence-electron chi connectivity index (χ2n) is 4.41. The molecule has 19 heavy (non-hydrogen) atoms. The van der Waals surface area contributed by atoms with E-state index in [-0.39, 0.29) is 0 Å². The summed E-state index contributed by atoms with van der Waals surface area (Å²) in [6, 6.07) is 5.40. The van der Waals surface area contributed by atoms with Gasteiger partial charge in [0.1, 0.15) is 5.75 Å². The molecule has 0 aliphatic carbocycles. The van der Waals surface area contributed by atoms with Gasteiger partial charge < -0.3 is 15.0 Å². The second kappa shape index (κ2) is 5.13. The van der Waals surface area contributed by atoms with E-state index in [1.807, 2.05) is 23.9 Å². The average Bonchev–Trinajstić information content (AvgIpc) is 3.10. The van der Waals surface area contributed by atoms with Crippen molar-refractivity contribution in [2.24, 2.45) is 0 Å². The molecule has 1 aliphatic rings. The molecule has 1 saturated heterocycles. The first-order valence-electron chi connectivity index (χ1n) is 6.17. The number of nitrogens with two attached hydrogens (primary N) is 1. The van der Waals surface area contributed by atoms with Gasteiger partial charge in [0, 0.05) is 5.69 Å². The number of ether oxygens (including phenoxy) is 1. The summed E-state index contributed by atoms with van der Waals surface area (Å²) in [5, 5.41) is 4.42. The number of methoxy groups -OCH3 is 1. The van der Waals surface area contributed by atoms with Crippen LogP contribution in [0.1, 0.15) is 23.9 Å². The molecule has 6 heteroatoms. The van der Waals surface area contributed by atoms with Crippen LogP contribution >= 0.6 is 11.8 Å². The fourth-order valence-corrected chi connectivity index (χ4v) is 3.30. The van der Waals surface area contributed by atoms with Crippen LogP contribution in [0, 0.1) is 0 Å². The maximum atomic E-state index is 5.95. The first-order chi connectivity index (χ1) is 9.28. The highest BCUT2D eigenvalue weighted by Crippen LogP contribution is 2.39. The summed E-state index contributed by atoms with van der Waals surface area (Å²) in [6.45, 7) is 0. The SMILES string of the molecule is COc1ccc(N)c(-c2nc(C3CCCS3)no2)c1. The Hall–Kier alpha value is -1.69. The van der Waals surface area contributed by atoms with Gasteiger partial charge in [-0.05, 0) is 36.8 Å². The summed E-state index contributed by atoms with van der Waals surface area (Å²) < 4.78 is 10.5. The molecule has 1 unspecified atom stereocenters. The van der Waals surface area contributed by atoms with Crippen LogP contribution in [0.4, 0.5) is 5.69 Å². The lowest BCUT2D eigenvalue weighted by Gasteiger charge is -2.04. The molecule has 0 bridgehead atoms. The smallest absolute Gasteiger partial charge is 0.260 e. The monoisotopic (exact) mass is 277 g/mol.